The van der Waals surface area contributed by atoms with Gasteiger partial charge in [0.25, 0.3) is 0 Å². The molecule has 2 unspecified atom stereocenters. The van der Waals surface area contributed by atoms with Gasteiger partial charge >= 0.3 is 0 Å². The zero-order chi connectivity index (χ0) is 15.1. The molecular formula is C14H26N2O3S. The van der Waals surface area contributed by atoms with Gasteiger partial charge in [0.05, 0.1) is 12.2 Å². The molecule has 0 aromatic heterocycles. The van der Waals surface area contributed by atoms with Gasteiger partial charge in [0.15, 0.2) is 0 Å². The Bertz CT molecular complexity index is 481. The number of sulfonamides is 1. The first-order valence-electron chi connectivity index (χ1n) is 7.32. The molecule has 1 saturated carbocycles. The first-order valence-corrected chi connectivity index (χ1v) is 9.17. The second kappa shape index (κ2) is 5.30. The van der Waals surface area contributed by atoms with Gasteiger partial charge in [-0.25, -0.2) is 12.7 Å². The van der Waals surface area contributed by atoms with Crippen LogP contribution in [0.15, 0.2) is 0 Å². The van der Waals surface area contributed by atoms with E-state index in [2.05, 4.69) is 26.1 Å². The van der Waals surface area contributed by atoms with Crippen LogP contribution in [0.1, 0.15) is 40.0 Å². The Kier molecular flexibility index (Phi) is 4.17. The second-order valence-electron chi connectivity index (χ2n) is 7.40. The zero-order valence-corrected chi connectivity index (χ0v) is 13.7. The topological polar surface area (TPSA) is 66.5 Å². The number of carbonyl (C=O) groups excluding carboxylic acids is 1. The van der Waals surface area contributed by atoms with Gasteiger partial charge in [0, 0.05) is 19.1 Å². The normalized spacial score (nSPS) is 31.6. The first kappa shape index (κ1) is 15.8. The third kappa shape index (κ3) is 3.73. The number of hydrogen-bond donors (Lipinski definition) is 1. The molecule has 1 N–H and O–H groups in total. The van der Waals surface area contributed by atoms with Crippen molar-refractivity contribution in [3.05, 3.63) is 0 Å². The monoisotopic (exact) mass is 302 g/mol. The van der Waals surface area contributed by atoms with Crippen LogP contribution in [0.4, 0.5) is 0 Å². The zero-order valence-electron chi connectivity index (χ0n) is 12.8. The lowest BCUT2D eigenvalue weighted by Gasteiger charge is -2.41. The van der Waals surface area contributed by atoms with Crippen LogP contribution in [-0.2, 0) is 14.8 Å². The average molecular weight is 302 g/mol. The van der Waals surface area contributed by atoms with E-state index >= 15 is 0 Å². The fraction of sp³-hybridized carbons (Fsp3) is 0.929. The summed E-state index contributed by atoms with van der Waals surface area (Å²) < 4.78 is 23.9. The largest absolute Gasteiger partial charge is 0.353 e. The molecule has 0 aromatic rings. The summed E-state index contributed by atoms with van der Waals surface area (Å²) >= 11 is 0. The van der Waals surface area contributed by atoms with Gasteiger partial charge in [-0.2, -0.15) is 0 Å². The molecule has 0 aromatic carbocycles. The van der Waals surface area contributed by atoms with E-state index in [0.717, 1.165) is 12.8 Å². The van der Waals surface area contributed by atoms with E-state index < -0.39 is 10.0 Å². The van der Waals surface area contributed by atoms with E-state index in [-0.39, 0.29) is 23.3 Å². The van der Waals surface area contributed by atoms with Gasteiger partial charge in [0.1, 0.15) is 0 Å². The van der Waals surface area contributed by atoms with Gasteiger partial charge in [-0.3, -0.25) is 4.79 Å². The van der Waals surface area contributed by atoms with Crippen LogP contribution < -0.4 is 5.32 Å². The number of nitrogens with zero attached hydrogens (tertiary/aromatic N) is 1. The Morgan fingerprint density at radius 2 is 1.85 bits per heavy atom. The molecule has 2 aliphatic rings. The maximum Gasteiger partial charge on any atom is 0.225 e. The molecule has 20 heavy (non-hydrogen) atoms. The summed E-state index contributed by atoms with van der Waals surface area (Å²) in [5.74, 6) is 0.461. The predicted octanol–water partition coefficient (Wildman–Crippen LogP) is 1.21. The summed E-state index contributed by atoms with van der Waals surface area (Å²) in [4.78, 5) is 12.2. The fourth-order valence-electron chi connectivity index (χ4n) is 3.65. The van der Waals surface area contributed by atoms with Crippen molar-refractivity contribution in [1.82, 2.24) is 9.62 Å². The average Bonchev–Trinajstić information content (AvgIpc) is 2.07. The van der Waals surface area contributed by atoms with Crippen LogP contribution in [0.5, 0.6) is 0 Å². The van der Waals surface area contributed by atoms with Crippen molar-refractivity contribution >= 4 is 15.9 Å². The van der Waals surface area contributed by atoms with Crippen LogP contribution >= 0.6 is 0 Å². The molecule has 1 aliphatic carbocycles. The van der Waals surface area contributed by atoms with Crippen LogP contribution in [-0.4, -0.2) is 44.0 Å². The smallest absolute Gasteiger partial charge is 0.225 e. The lowest BCUT2D eigenvalue weighted by atomic mass is 9.70. The molecule has 2 atom stereocenters. The molecule has 2 rings (SSSR count). The first-order chi connectivity index (χ1) is 9.07. The summed E-state index contributed by atoms with van der Waals surface area (Å²) in [7, 11) is -3.14. The Morgan fingerprint density at radius 1 is 1.25 bits per heavy atom. The number of carbonyl (C=O) groups is 1. The van der Waals surface area contributed by atoms with Gasteiger partial charge in [-0.15, -0.1) is 0 Å². The van der Waals surface area contributed by atoms with Gasteiger partial charge in [-0.1, -0.05) is 20.8 Å². The summed E-state index contributed by atoms with van der Waals surface area (Å²) in [6.07, 6.45) is 4.42. The van der Waals surface area contributed by atoms with E-state index in [1.807, 2.05) is 0 Å². The highest BCUT2D eigenvalue weighted by Crippen LogP contribution is 2.38. The van der Waals surface area contributed by atoms with Crippen molar-refractivity contribution < 1.29 is 13.2 Å². The Balaban J connectivity index is 1.84. The minimum absolute atomic E-state index is 0.0137. The molecule has 1 aliphatic heterocycles. The highest BCUT2D eigenvalue weighted by atomic mass is 32.2. The Morgan fingerprint density at radius 3 is 2.35 bits per heavy atom. The number of rotatable bonds is 3. The van der Waals surface area contributed by atoms with Crippen molar-refractivity contribution in [3.63, 3.8) is 0 Å². The molecule has 1 amide bonds. The van der Waals surface area contributed by atoms with E-state index in [1.165, 1.54) is 17.0 Å². The van der Waals surface area contributed by atoms with Gasteiger partial charge in [0.2, 0.25) is 15.9 Å². The molecule has 116 valence electrons. The van der Waals surface area contributed by atoms with Gasteiger partial charge < -0.3 is 5.32 Å². The molecule has 0 radical (unpaired) electrons. The number of amides is 1. The third-order valence-corrected chi connectivity index (χ3v) is 5.66. The Hall–Kier alpha value is -0.620. The molecule has 6 heteroatoms. The van der Waals surface area contributed by atoms with Crippen molar-refractivity contribution in [1.29, 1.82) is 0 Å². The van der Waals surface area contributed by atoms with Crippen molar-refractivity contribution in [2.24, 2.45) is 17.3 Å². The van der Waals surface area contributed by atoms with E-state index in [4.69, 9.17) is 0 Å². The predicted molar refractivity (Wildman–Crippen MR) is 78.6 cm³/mol. The highest BCUT2D eigenvalue weighted by Gasteiger charge is 2.39. The molecule has 0 bridgehead atoms. The minimum atomic E-state index is -3.14. The summed E-state index contributed by atoms with van der Waals surface area (Å²) in [6, 6.07) is 0.230. The standard InChI is InChI=1S/C14H26N2O3S/c1-10-5-12(7-14(2,3)6-10)15-13(17)11-8-16(9-11)20(4,18)19/h10-12H,5-9H2,1-4H3,(H,15,17). The molecule has 1 heterocycles. The van der Waals surface area contributed by atoms with E-state index in [1.54, 1.807) is 0 Å². The van der Waals surface area contributed by atoms with Gasteiger partial charge in [-0.05, 0) is 30.6 Å². The highest BCUT2D eigenvalue weighted by molar-refractivity contribution is 7.88. The SMILES string of the molecule is CC1CC(NC(=O)C2CN(S(C)(=O)=O)C2)CC(C)(C)C1. The van der Waals surface area contributed by atoms with Crippen LogP contribution in [0.3, 0.4) is 0 Å². The second-order valence-corrected chi connectivity index (χ2v) is 9.38. The molecular weight excluding hydrogens is 276 g/mol. The lowest BCUT2D eigenvalue weighted by Crippen LogP contribution is -2.57. The Labute approximate surface area is 122 Å². The summed E-state index contributed by atoms with van der Waals surface area (Å²) in [5, 5.41) is 3.12. The quantitative estimate of drug-likeness (QED) is 0.852. The van der Waals surface area contributed by atoms with Crippen LogP contribution in [0, 0.1) is 17.3 Å². The molecule has 0 spiro atoms. The fourth-order valence-corrected chi connectivity index (χ4v) is 4.55. The summed E-state index contributed by atoms with van der Waals surface area (Å²) in [5.41, 5.74) is 0.272. The van der Waals surface area contributed by atoms with E-state index in [0.29, 0.717) is 19.0 Å². The molecule has 1 saturated heterocycles. The number of hydrogen-bond acceptors (Lipinski definition) is 3. The molecule has 5 nitrogen and oxygen atoms in total. The van der Waals surface area contributed by atoms with E-state index in [9.17, 15) is 13.2 Å². The maximum absolute atomic E-state index is 12.2. The number of nitrogens with one attached hydrogen (secondary N) is 1. The lowest BCUT2D eigenvalue weighted by molar-refractivity contribution is -0.129. The molecule has 2 fully saturated rings. The summed E-state index contributed by atoms with van der Waals surface area (Å²) in [6.45, 7) is 7.38. The maximum atomic E-state index is 12.2. The van der Waals surface area contributed by atoms with Crippen molar-refractivity contribution in [2.45, 2.75) is 46.1 Å². The third-order valence-electron chi connectivity index (χ3n) is 4.42. The van der Waals surface area contributed by atoms with Crippen molar-refractivity contribution in [2.75, 3.05) is 19.3 Å². The van der Waals surface area contributed by atoms with Crippen molar-refractivity contribution in [3.8, 4) is 0 Å². The minimum Gasteiger partial charge on any atom is -0.353 e. The van der Waals surface area contributed by atoms with Crippen LogP contribution in [0.25, 0.3) is 0 Å². The van der Waals surface area contributed by atoms with Crippen LogP contribution in [0.2, 0.25) is 0 Å².